The molecule has 0 unspecified atom stereocenters. The van der Waals surface area contributed by atoms with E-state index in [-0.39, 0.29) is 0 Å². The predicted octanol–water partition coefficient (Wildman–Crippen LogP) is 4.21. The molecule has 0 aromatic heterocycles. The highest BCUT2D eigenvalue weighted by atomic mass is 127. The van der Waals surface area contributed by atoms with E-state index < -0.39 is 0 Å². The van der Waals surface area contributed by atoms with Crippen LogP contribution in [0.25, 0.3) is 0 Å². The highest BCUT2D eigenvalue weighted by Gasteiger charge is 2.11. The Hall–Kier alpha value is -1.47. The number of hydrogen-bond donors (Lipinski definition) is 2. The Bertz CT molecular complexity index is 591. The normalized spacial score (nSPS) is 10.3. The van der Waals surface area contributed by atoms with Gasteiger partial charge in [-0.15, -0.1) is 0 Å². The maximum atomic E-state index is 5.77. The minimum Gasteiger partial charge on any atom is -0.493 e. The quantitative estimate of drug-likeness (QED) is 0.504. The van der Waals surface area contributed by atoms with E-state index in [1.54, 1.807) is 7.11 Å². The molecule has 0 amide bonds. The Morgan fingerprint density at radius 3 is 2.59 bits per heavy atom. The van der Waals surface area contributed by atoms with Gasteiger partial charge >= 0.3 is 0 Å². The number of ether oxygens (including phenoxy) is 2. The van der Waals surface area contributed by atoms with Gasteiger partial charge in [0.1, 0.15) is 0 Å². The van der Waals surface area contributed by atoms with Crippen LogP contribution < -0.4 is 20.3 Å². The predicted molar refractivity (Wildman–Crippen MR) is 98.4 cm³/mol. The van der Waals surface area contributed by atoms with Crippen molar-refractivity contribution in [2.75, 3.05) is 19.1 Å². The Balaban J connectivity index is 2.00. The van der Waals surface area contributed by atoms with E-state index >= 15 is 0 Å². The molecule has 2 aromatic rings. The van der Waals surface area contributed by atoms with E-state index in [1.165, 1.54) is 0 Å². The van der Waals surface area contributed by atoms with E-state index in [9.17, 15) is 0 Å². The lowest BCUT2D eigenvalue weighted by Crippen LogP contribution is -2.20. The van der Waals surface area contributed by atoms with Crippen LogP contribution in [0, 0.1) is 3.57 Å². The number of benzene rings is 2. The van der Waals surface area contributed by atoms with Crippen molar-refractivity contribution in [2.24, 2.45) is 0 Å². The molecule has 4 nitrogen and oxygen atoms in total. The SMILES string of the molecule is CCCOc1c(I)cc(CNNc2ccccc2)cc1OC. The van der Waals surface area contributed by atoms with Gasteiger partial charge in [-0.2, -0.15) is 0 Å². The van der Waals surface area contributed by atoms with Crippen molar-refractivity contribution >= 4 is 28.3 Å². The number of halogens is 1. The maximum Gasteiger partial charge on any atom is 0.174 e. The van der Waals surface area contributed by atoms with E-state index in [0.29, 0.717) is 13.2 Å². The Morgan fingerprint density at radius 1 is 1.14 bits per heavy atom. The number of hydrogen-bond acceptors (Lipinski definition) is 4. The lowest BCUT2D eigenvalue weighted by Gasteiger charge is -2.15. The van der Waals surface area contributed by atoms with E-state index in [0.717, 1.165) is 32.7 Å². The first kappa shape index (κ1) is 16.9. The standard InChI is InChI=1S/C17H21IN2O2/c1-3-9-22-17-15(18)10-13(11-16(17)21-2)12-19-20-14-7-5-4-6-8-14/h4-8,10-11,19-20H,3,9,12H2,1-2H3. The van der Waals surface area contributed by atoms with Gasteiger partial charge in [0, 0.05) is 12.2 Å². The third-order valence-electron chi connectivity index (χ3n) is 3.04. The van der Waals surface area contributed by atoms with E-state index in [4.69, 9.17) is 9.47 Å². The van der Waals surface area contributed by atoms with Crippen molar-refractivity contribution in [2.45, 2.75) is 19.9 Å². The highest BCUT2D eigenvalue weighted by Crippen LogP contribution is 2.34. The van der Waals surface area contributed by atoms with Gasteiger partial charge in [0.15, 0.2) is 11.5 Å². The molecular weight excluding hydrogens is 391 g/mol. The summed E-state index contributed by atoms with van der Waals surface area (Å²) in [6.45, 7) is 3.47. The second-order valence-corrected chi connectivity index (χ2v) is 5.96. The van der Waals surface area contributed by atoms with Crippen LogP contribution in [-0.2, 0) is 6.54 Å². The summed E-state index contributed by atoms with van der Waals surface area (Å²) in [5, 5.41) is 0. The number of para-hydroxylation sites is 1. The molecule has 0 aliphatic carbocycles. The average Bonchev–Trinajstić information content (AvgIpc) is 2.54. The lowest BCUT2D eigenvalue weighted by molar-refractivity contribution is 0.292. The Labute approximate surface area is 145 Å². The van der Waals surface area contributed by atoms with Gasteiger partial charge in [-0.05, 0) is 58.8 Å². The maximum absolute atomic E-state index is 5.77. The fourth-order valence-electron chi connectivity index (χ4n) is 1.99. The Kier molecular flexibility index (Phi) is 6.79. The lowest BCUT2D eigenvalue weighted by atomic mass is 10.2. The third-order valence-corrected chi connectivity index (χ3v) is 3.84. The number of anilines is 1. The van der Waals surface area contributed by atoms with Crippen molar-refractivity contribution in [3.63, 3.8) is 0 Å². The molecule has 118 valence electrons. The number of rotatable bonds is 8. The van der Waals surface area contributed by atoms with Crippen molar-refractivity contribution < 1.29 is 9.47 Å². The minimum atomic E-state index is 0.690. The summed E-state index contributed by atoms with van der Waals surface area (Å²) < 4.78 is 12.3. The van der Waals surface area contributed by atoms with Crippen molar-refractivity contribution in [1.82, 2.24) is 5.43 Å². The summed E-state index contributed by atoms with van der Waals surface area (Å²) >= 11 is 2.28. The van der Waals surface area contributed by atoms with Gasteiger partial charge in [-0.1, -0.05) is 25.1 Å². The Morgan fingerprint density at radius 2 is 1.91 bits per heavy atom. The van der Waals surface area contributed by atoms with Crippen molar-refractivity contribution in [3.8, 4) is 11.5 Å². The minimum absolute atomic E-state index is 0.690. The second-order valence-electron chi connectivity index (χ2n) is 4.80. The van der Waals surface area contributed by atoms with Crippen LogP contribution in [0.3, 0.4) is 0 Å². The molecule has 0 aliphatic rings. The van der Waals surface area contributed by atoms with Crippen molar-refractivity contribution in [3.05, 3.63) is 51.6 Å². The molecule has 0 fully saturated rings. The van der Waals surface area contributed by atoms with Crippen LogP contribution in [0.4, 0.5) is 5.69 Å². The van der Waals surface area contributed by atoms with Crippen LogP contribution in [0.2, 0.25) is 0 Å². The van der Waals surface area contributed by atoms with E-state index in [2.05, 4.69) is 46.4 Å². The zero-order valence-corrected chi connectivity index (χ0v) is 15.0. The van der Waals surface area contributed by atoms with Gasteiger partial charge in [-0.25, -0.2) is 5.43 Å². The molecule has 0 radical (unpaired) electrons. The molecule has 5 heteroatoms. The summed E-state index contributed by atoms with van der Waals surface area (Å²) in [6.07, 6.45) is 0.976. The largest absolute Gasteiger partial charge is 0.493 e. The fraction of sp³-hybridized carbons (Fsp3) is 0.294. The molecule has 2 aromatic carbocycles. The zero-order chi connectivity index (χ0) is 15.8. The zero-order valence-electron chi connectivity index (χ0n) is 12.9. The molecule has 2 rings (SSSR count). The molecule has 0 bridgehead atoms. The molecule has 2 N–H and O–H groups in total. The molecule has 0 saturated heterocycles. The monoisotopic (exact) mass is 412 g/mol. The average molecular weight is 412 g/mol. The molecule has 0 heterocycles. The van der Waals surface area contributed by atoms with Gasteiger partial charge in [0.2, 0.25) is 0 Å². The smallest absolute Gasteiger partial charge is 0.174 e. The van der Waals surface area contributed by atoms with Gasteiger partial charge in [0.05, 0.1) is 17.3 Å². The molecule has 22 heavy (non-hydrogen) atoms. The van der Waals surface area contributed by atoms with Gasteiger partial charge < -0.3 is 14.9 Å². The third kappa shape index (κ3) is 4.78. The van der Waals surface area contributed by atoms with Crippen molar-refractivity contribution in [1.29, 1.82) is 0 Å². The highest BCUT2D eigenvalue weighted by molar-refractivity contribution is 14.1. The first-order chi connectivity index (χ1) is 10.7. The summed E-state index contributed by atoms with van der Waals surface area (Å²) in [5.74, 6) is 1.60. The molecule has 0 atom stereocenters. The molecule has 0 saturated carbocycles. The molecule has 0 aliphatic heterocycles. The van der Waals surface area contributed by atoms with Crippen LogP contribution in [0.1, 0.15) is 18.9 Å². The first-order valence-corrected chi connectivity index (χ1v) is 8.35. The number of methoxy groups -OCH3 is 1. The number of hydrazine groups is 1. The van der Waals surface area contributed by atoms with Gasteiger partial charge in [-0.3, -0.25) is 0 Å². The van der Waals surface area contributed by atoms with Crippen LogP contribution in [0.5, 0.6) is 11.5 Å². The molecular formula is C17H21IN2O2. The second kappa shape index (κ2) is 8.85. The van der Waals surface area contributed by atoms with Crippen LogP contribution in [-0.4, -0.2) is 13.7 Å². The summed E-state index contributed by atoms with van der Waals surface area (Å²) in [5.41, 5.74) is 8.55. The fourth-order valence-corrected chi connectivity index (χ4v) is 2.81. The molecule has 0 spiro atoms. The van der Waals surface area contributed by atoms with Crippen LogP contribution in [0.15, 0.2) is 42.5 Å². The summed E-state index contributed by atoms with van der Waals surface area (Å²) in [7, 11) is 1.67. The topological polar surface area (TPSA) is 42.5 Å². The van der Waals surface area contributed by atoms with Crippen LogP contribution >= 0.6 is 22.6 Å². The summed E-state index contributed by atoms with van der Waals surface area (Å²) in [4.78, 5) is 0. The first-order valence-electron chi connectivity index (χ1n) is 7.27. The van der Waals surface area contributed by atoms with Gasteiger partial charge in [0.25, 0.3) is 0 Å². The number of nitrogens with one attached hydrogen (secondary N) is 2. The van der Waals surface area contributed by atoms with E-state index in [1.807, 2.05) is 36.4 Å². The summed E-state index contributed by atoms with van der Waals surface area (Å²) in [6, 6.07) is 14.1.